The van der Waals surface area contributed by atoms with E-state index in [9.17, 15) is 14.7 Å². The van der Waals surface area contributed by atoms with E-state index in [1.165, 1.54) is 7.05 Å². The zero-order chi connectivity index (χ0) is 20.4. The molecule has 6 heteroatoms. The fraction of sp³-hybridized carbons (Fsp3) is 0.174. The number of phenolic OH excluding ortho intramolecular Hbond substituents is 1. The third-order valence-electron chi connectivity index (χ3n) is 4.99. The van der Waals surface area contributed by atoms with Gasteiger partial charge in [-0.25, -0.2) is 9.78 Å². The van der Waals surface area contributed by atoms with Gasteiger partial charge in [0.15, 0.2) is 6.61 Å². The molecule has 1 heterocycles. The predicted molar refractivity (Wildman–Crippen MR) is 110 cm³/mol. The number of likely N-dealkylation sites (N-methyl/N-ethyl adjacent to an activating group) is 1. The van der Waals surface area contributed by atoms with E-state index in [1.54, 1.807) is 12.1 Å². The molecule has 0 saturated carbocycles. The molecule has 0 radical (unpaired) electrons. The highest BCUT2D eigenvalue weighted by molar-refractivity contribution is 6.07. The molecule has 0 bridgehead atoms. The summed E-state index contributed by atoms with van der Waals surface area (Å²) in [5.41, 5.74) is 4.78. The van der Waals surface area contributed by atoms with Crippen LogP contribution in [0.2, 0.25) is 0 Å². The van der Waals surface area contributed by atoms with Crippen molar-refractivity contribution in [2.75, 3.05) is 13.7 Å². The van der Waals surface area contributed by atoms with E-state index in [1.807, 2.05) is 42.5 Å². The van der Waals surface area contributed by atoms with Gasteiger partial charge in [0.05, 0.1) is 16.8 Å². The van der Waals surface area contributed by atoms with Gasteiger partial charge in [-0.3, -0.25) is 4.79 Å². The number of amides is 1. The third-order valence-corrected chi connectivity index (χ3v) is 4.99. The monoisotopic (exact) mass is 388 g/mol. The van der Waals surface area contributed by atoms with Gasteiger partial charge in [-0.05, 0) is 53.8 Å². The van der Waals surface area contributed by atoms with Gasteiger partial charge >= 0.3 is 5.97 Å². The first-order chi connectivity index (χ1) is 14.1. The highest BCUT2D eigenvalue weighted by atomic mass is 16.5. The van der Waals surface area contributed by atoms with Crippen LogP contribution in [0.3, 0.4) is 0 Å². The van der Waals surface area contributed by atoms with Crippen LogP contribution < -0.4 is 5.32 Å². The molecule has 2 aromatic carbocycles. The van der Waals surface area contributed by atoms with Gasteiger partial charge in [-0.1, -0.05) is 30.3 Å². The molecule has 6 nitrogen and oxygen atoms in total. The standard InChI is InChI=1S/C23H20N2O4/c1-24-20(27)13-29-23(28)21-17-4-2-3-5-19(17)25-22-15(8-11-18(21)22)12-14-6-9-16(26)10-7-14/h2-7,9-10,12,26H,8,11,13H2,1H3,(H,24,27)/b15-12+. The van der Waals surface area contributed by atoms with Crippen molar-refractivity contribution in [1.29, 1.82) is 0 Å². The predicted octanol–water partition coefficient (Wildman–Crippen LogP) is 3.33. The Labute approximate surface area is 167 Å². The first kappa shape index (κ1) is 18.7. The van der Waals surface area contributed by atoms with Crippen LogP contribution in [-0.2, 0) is 16.0 Å². The van der Waals surface area contributed by atoms with Crippen molar-refractivity contribution in [2.24, 2.45) is 0 Å². The lowest BCUT2D eigenvalue weighted by Gasteiger charge is -2.12. The second-order valence-corrected chi connectivity index (χ2v) is 6.84. The maximum Gasteiger partial charge on any atom is 0.339 e. The molecular formula is C23H20N2O4. The van der Waals surface area contributed by atoms with Crippen LogP contribution in [-0.4, -0.2) is 35.6 Å². The van der Waals surface area contributed by atoms with E-state index in [2.05, 4.69) is 5.32 Å². The van der Waals surface area contributed by atoms with Gasteiger partial charge < -0.3 is 15.2 Å². The smallest absolute Gasteiger partial charge is 0.339 e. The molecule has 1 aliphatic carbocycles. The number of carbonyl (C=O) groups is 2. The van der Waals surface area contributed by atoms with E-state index < -0.39 is 5.97 Å². The summed E-state index contributed by atoms with van der Waals surface area (Å²) < 4.78 is 5.25. The number of nitrogens with zero attached hydrogens (tertiary/aromatic N) is 1. The average Bonchev–Trinajstić information content (AvgIpc) is 3.13. The van der Waals surface area contributed by atoms with Gasteiger partial charge in [-0.15, -0.1) is 0 Å². The highest BCUT2D eigenvalue weighted by Gasteiger charge is 2.27. The van der Waals surface area contributed by atoms with E-state index in [0.29, 0.717) is 17.5 Å². The Morgan fingerprint density at radius 1 is 1.14 bits per heavy atom. The maximum atomic E-state index is 12.9. The van der Waals surface area contributed by atoms with Crippen LogP contribution >= 0.6 is 0 Å². The van der Waals surface area contributed by atoms with Gasteiger partial charge in [0, 0.05) is 12.4 Å². The number of benzene rings is 2. The number of aromatic hydroxyl groups is 1. The van der Waals surface area contributed by atoms with Gasteiger partial charge in [0.1, 0.15) is 5.75 Å². The molecule has 0 fully saturated rings. The van der Waals surface area contributed by atoms with Gasteiger partial charge in [0.2, 0.25) is 0 Å². The van der Waals surface area contributed by atoms with Crippen LogP contribution in [0.1, 0.15) is 33.6 Å². The summed E-state index contributed by atoms with van der Waals surface area (Å²) in [4.78, 5) is 29.2. The summed E-state index contributed by atoms with van der Waals surface area (Å²) in [5, 5.41) is 12.7. The SMILES string of the molecule is CNC(=O)COC(=O)c1c2c(nc3ccccc13)/C(=C/c1ccc(O)cc1)CC2. The lowest BCUT2D eigenvalue weighted by atomic mass is 10.0. The normalized spacial score (nSPS) is 14.0. The molecule has 29 heavy (non-hydrogen) atoms. The Hall–Kier alpha value is -3.67. The molecule has 4 rings (SSSR count). The zero-order valence-electron chi connectivity index (χ0n) is 15.9. The summed E-state index contributed by atoms with van der Waals surface area (Å²) in [7, 11) is 1.50. The lowest BCUT2D eigenvalue weighted by molar-refractivity contribution is -0.123. The number of nitrogens with one attached hydrogen (secondary N) is 1. The molecule has 0 aliphatic heterocycles. The quantitative estimate of drug-likeness (QED) is 0.670. The molecular weight excluding hydrogens is 368 g/mol. The molecule has 3 aromatic rings. The van der Waals surface area contributed by atoms with Gasteiger partial charge in [-0.2, -0.15) is 0 Å². The summed E-state index contributed by atoms with van der Waals surface area (Å²) in [5.74, 6) is -0.667. The molecule has 1 aliphatic rings. The minimum absolute atomic E-state index is 0.212. The van der Waals surface area contributed by atoms with E-state index >= 15 is 0 Å². The van der Waals surface area contributed by atoms with Crippen molar-refractivity contribution in [3.05, 3.63) is 70.9 Å². The summed E-state index contributed by atoms with van der Waals surface area (Å²) in [6, 6.07) is 14.4. The minimum Gasteiger partial charge on any atom is -0.508 e. The van der Waals surface area contributed by atoms with Crippen LogP contribution in [0.15, 0.2) is 48.5 Å². The molecule has 2 N–H and O–H groups in total. The largest absolute Gasteiger partial charge is 0.508 e. The van der Waals surface area contributed by atoms with Crippen LogP contribution in [0.5, 0.6) is 5.75 Å². The average molecular weight is 388 g/mol. The second kappa shape index (κ2) is 7.75. The molecule has 1 amide bonds. The zero-order valence-corrected chi connectivity index (χ0v) is 15.9. The number of carbonyl (C=O) groups excluding carboxylic acids is 2. The number of esters is 1. The topological polar surface area (TPSA) is 88.5 Å². The summed E-state index contributed by atoms with van der Waals surface area (Å²) in [6.45, 7) is -0.322. The number of hydrogen-bond donors (Lipinski definition) is 2. The number of hydrogen-bond acceptors (Lipinski definition) is 5. The van der Waals surface area contributed by atoms with Crippen molar-refractivity contribution < 1.29 is 19.4 Å². The number of para-hydroxylation sites is 1. The Bertz CT molecular complexity index is 1130. The lowest BCUT2D eigenvalue weighted by Crippen LogP contribution is -2.25. The van der Waals surface area contributed by atoms with Crippen LogP contribution in [0.25, 0.3) is 22.6 Å². The van der Waals surface area contributed by atoms with E-state index in [4.69, 9.17) is 9.72 Å². The molecule has 0 atom stereocenters. The molecule has 0 saturated heterocycles. The fourth-order valence-electron chi connectivity index (χ4n) is 3.56. The van der Waals surface area contributed by atoms with Gasteiger partial charge in [0.25, 0.3) is 5.91 Å². The maximum absolute atomic E-state index is 12.9. The number of pyridine rings is 1. The molecule has 0 unspecified atom stereocenters. The van der Waals surface area contributed by atoms with E-state index in [-0.39, 0.29) is 18.3 Å². The molecule has 1 aromatic heterocycles. The number of rotatable bonds is 4. The number of ether oxygens (including phenoxy) is 1. The van der Waals surface area contributed by atoms with Crippen molar-refractivity contribution in [2.45, 2.75) is 12.8 Å². The fourth-order valence-corrected chi connectivity index (χ4v) is 3.56. The number of aromatic nitrogens is 1. The summed E-state index contributed by atoms with van der Waals surface area (Å²) in [6.07, 6.45) is 3.43. The summed E-state index contributed by atoms with van der Waals surface area (Å²) >= 11 is 0. The minimum atomic E-state index is -0.519. The van der Waals surface area contributed by atoms with Crippen LogP contribution in [0, 0.1) is 0 Å². The van der Waals surface area contributed by atoms with E-state index in [0.717, 1.165) is 34.2 Å². The Kier molecular flexibility index (Phi) is 4.99. The first-order valence-electron chi connectivity index (χ1n) is 9.36. The highest BCUT2D eigenvalue weighted by Crippen LogP contribution is 2.37. The number of fused-ring (bicyclic) bond motifs is 2. The Morgan fingerprint density at radius 3 is 2.66 bits per heavy atom. The second-order valence-electron chi connectivity index (χ2n) is 6.84. The van der Waals surface area contributed by atoms with Crippen molar-refractivity contribution in [3.8, 4) is 5.75 Å². The molecule has 0 spiro atoms. The first-order valence-corrected chi connectivity index (χ1v) is 9.36. The van der Waals surface area contributed by atoms with Crippen molar-refractivity contribution >= 4 is 34.4 Å². The number of allylic oxidation sites excluding steroid dienone is 1. The Balaban J connectivity index is 1.80. The third kappa shape index (κ3) is 3.69. The molecule has 146 valence electrons. The van der Waals surface area contributed by atoms with Crippen LogP contribution in [0.4, 0.5) is 0 Å². The Morgan fingerprint density at radius 2 is 1.90 bits per heavy atom. The van der Waals surface area contributed by atoms with Crippen molar-refractivity contribution in [1.82, 2.24) is 10.3 Å². The number of phenols is 1. The van der Waals surface area contributed by atoms with Crippen molar-refractivity contribution in [3.63, 3.8) is 0 Å².